The second-order valence-electron chi connectivity index (χ2n) is 7.00. The summed E-state index contributed by atoms with van der Waals surface area (Å²) in [5.74, 6) is 0.559. The van der Waals surface area contributed by atoms with Crippen molar-refractivity contribution in [3.05, 3.63) is 65.2 Å². The third-order valence-corrected chi connectivity index (χ3v) is 5.13. The predicted molar refractivity (Wildman–Crippen MR) is 99.3 cm³/mol. The highest BCUT2D eigenvalue weighted by molar-refractivity contribution is 5.97. The molecule has 0 spiro atoms. The van der Waals surface area contributed by atoms with E-state index in [0.29, 0.717) is 37.6 Å². The smallest absolute Gasteiger partial charge is 0.257 e. The van der Waals surface area contributed by atoms with E-state index in [0.717, 1.165) is 19.5 Å². The summed E-state index contributed by atoms with van der Waals surface area (Å²) in [5, 5.41) is 10.6. The number of amides is 1. The fourth-order valence-electron chi connectivity index (χ4n) is 3.80. The lowest BCUT2D eigenvalue weighted by Gasteiger charge is -2.32. The SMILES string of the molecule is O=C1c2ccccc2OCCN1CC(O)CN1CCc2ccccc2C1. The number of aliphatic hydroxyl groups excluding tert-OH is 1. The summed E-state index contributed by atoms with van der Waals surface area (Å²) in [5.41, 5.74) is 3.30. The maximum absolute atomic E-state index is 12.7. The van der Waals surface area contributed by atoms with Crippen LogP contribution in [0.4, 0.5) is 0 Å². The van der Waals surface area contributed by atoms with E-state index in [1.807, 2.05) is 18.2 Å². The third kappa shape index (κ3) is 3.59. The number of rotatable bonds is 4. The van der Waals surface area contributed by atoms with Crippen LogP contribution < -0.4 is 4.74 Å². The van der Waals surface area contributed by atoms with Crippen molar-refractivity contribution in [1.82, 2.24) is 9.80 Å². The lowest BCUT2D eigenvalue weighted by atomic mass is 10.00. The molecule has 0 bridgehead atoms. The van der Waals surface area contributed by atoms with Crippen molar-refractivity contribution in [2.75, 3.05) is 32.8 Å². The van der Waals surface area contributed by atoms with Crippen molar-refractivity contribution >= 4 is 5.91 Å². The number of ether oxygens (including phenoxy) is 1. The number of benzene rings is 2. The number of hydrogen-bond donors (Lipinski definition) is 1. The van der Waals surface area contributed by atoms with Crippen molar-refractivity contribution in [3.63, 3.8) is 0 Å². The molecule has 0 aromatic heterocycles. The van der Waals surface area contributed by atoms with E-state index in [1.165, 1.54) is 11.1 Å². The number of para-hydroxylation sites is 1. The lowest BCUT2D eigenvalue weighted by molar-refractivity contribution is 0.0501. The molecule has 0 radical (unpaired) electrons. The second-order valence-corrected chi connectivity index (χ2v) is 7.00. The maximum Gasteiger partial charge on any atom is 0.257 e. The molecule has 2 heterocycles. The molecule has 136 valence electrons. The fraction of sp³-hybridized carbons (Fsp3) is 0.381. The molecular formula is C21H24N2O3. The topological polar surface area (TPSA) is 53.0 Å². The molecule has 2 aromatic rings. The molecule has 2 aromatic carbocycles. The summed E-state index contributed by atoms with van der Waals surface area (Å²) >= 11 is 0. The van der Waals surface area contributed by atoms with Crippen LogP contribution in [0.25, 0.3) is 0 Å². The van der Waals surface area contributed by atoms with Gasteiger partial charge in [-0.25, -0.2) is 0 Å². The predicted octanol–water partition coefficient (Wildman–Crippen LogP) is 1.94. The Labute approximate surface area is 153 Å². The van der Waals surface area contributed by atoms with Crippen LogP contribution in [-0.4, -0.2) is 59.7 Å². The van der Waals surface area contributed by atoms with Gasteiger partial charge < -0.3 is 14.7 Å². The van der Waals surface area contributed by atoms with Crippen LogP contribution in [-0.2, 0) is 13.0 Å². The molecule has 1 unspecified atom stereocenters. The van der Waals surface area contributed by atoms with E-state index in [4.69, 9.17) is 4.74 Å². The second kappa shape index (κ2) is 7.48. The normalized spacial score (nSPS) is 18.5. The Morgan fingerprint density at radius 2 is 1.77 bits per heavy atom. The van der Waals surface area contributed by atoms with Crippen LogP contribution >= 0.6 is 0 Å². The monoisotopic (exact) mass is 352 g/mol. The number of nitrogens with zero attached hydrogens (tertiary/aromatic N) is 2. The van der Waals surface area contributed by atoms with Gasteiger partial charge in [-0.05, 0) is 29.7 Å². The number of β-amino-alcohol motifs (C(OH)–C–C–N with tert-alkyl or cyclic N) is 1. The van der Waals surface area contributed by atoms with Crippen LogP contribution in [0.2, 0.25) is 0 Å². The Balaban J connectivity index is 1.38. The van der Waals surface area contributed by atoms with E-state index in [2.05, 4.69) is 29.2 Å². The zero-order chi connectivity index (χ0) is 17.9. The molecule has 0 fully saturated rings. The molecule has 0 saturated carbocycles. The minimum absolute atomic E-state index is 0.0684. The molecule has 0 saturated heterocycles. The molecule has 1 amide bonds. The summed E-state index contributed by atoms with van der Waals surface area (Å²) in [6, 6.07) is 15.8. The van der Waals surface area contributed by atoms with Gasteiger partial charge >= 0.3 is 0 Å². The Hall–Kier alpha value is -2.37. The number of carbonyl (C=O) groups is 1. The van der Waals surface area contributed by atoms with E-state index >= 15 is 0 Å². The van der Waals surface area contributed by atoms with Gasteiger partial charge in [-0.3, -0.25) is 9.69 Å². The van der Waals surface area contributed by atoms with Crippen LogP contribution in [0.3, 0.4) is 0 Å². The molecule has 2 aliphatic heterocycles. The Morgan fingerprint density at radius 3 is 2.65 bits per heavy atom. The van der Waals surface area contributed by atoms with Crippen LogP contribution in [0.1, 0.15) is 21.5 Å². The quantitative estimate of drug-likeness (QED) is 0.914. The van der Waals surface area contributed by atoms with Crippen molar-refractivity contribution in [3.8, 4) is 5.75 Å². The van der Waals surface area contributed by atoms with E-state index < -0.39 is 6.10 Å². The lowest BCUT2D eigenvalue weighted by Crippen LogP contribution is -2.44. The first-order valence-corrected chi connectivity index (χ1v) is 9.19. The van der Waals surface area contributed by atoms with Crippen molar-refractivity contribution in [2.24, 2.45) is 0 Å². The van der Waals surface area contributed by atoms with E-state index in [1.54, 1.807) is 11.0 Å². The Bertz CT molecular complexity index is 792. The zero-order valence-electron chi connectivity index (χ0n) is 14.8. The maximum atomic E-state index is 12.7. The highest BCUT2D eigenvalue weighted by Gasteiger charge is 2.26. The zero-order valence-corrected chi connectivity index (χ0v) is 14.8. The highest BCUT2D eigenvalue weighted by atomic mass is 16.5. The molecule has 1 atom stereocenters. The van der Waals surface area contributed by atoms with Gasteiger partial charge in [0.15, 0.2) is 0 Å². The number of aliphatic hydroxyl groups is 1. The number of fused-ring (bicyclic) bond motifs is 2. The third-order valence-electron chi connectivity index (χ3n) is 5.13. The van der Waals surface area contributed by atoms with Crippen molar-refractivity contribution in [2.45, 2.75) is 19.1 Å². The number of hydrogen-bond acceptors (Lipinski definition) is 4. The highest BCUT2D eigenvalue weighted by Crippen LogP contribution is 2.23. The van der Waals surface area contributed by atoms with Crippen molar-refractivity contribution in [1.29, 1.82) is 0 Å². The largest absolute Gasteiger partial charge is 0.491 e. The van der Waals surface area contributed by atoms with Gasteiger partial charge in [0.1, 0.15) is 12.4 Å². The average Bonchev–Trinajstić information content (AvgIpc) is 2.81. The molecule has 1 N–H and O–H groups in total. The van der Waals surface area contributed by atoms with E-state index in [9.17, 15) is 9.90 Å². The number of carbonyl (C=O) groups excluding carboxylic acids is 1. The molecule has 5 heteroatoms. The van der Waals surface area contributed by atoms with Gasteiger partial charge in [0, 0.05) is 26.2 Å². The minimum atomic E-state index is -0.575. The van der Waals surface area contributed by atoms with Crippen LogP contribution in [0.5, 0.6) is 5.75 Å². The molecule has 2 aliphatic rings. The van der Waals surface area contributed by atoms with Gasteiger partial charge in [-0.15, -0.1) is 0 Å². The molecule has 0 aliphatic carbocycles. The van der Waals surface area contributed by atoms with Gasteiger partial charge in [0.25, 0.3) is 5.91 Å². The van der Waals surface area contributed by atoms with Gasteiger partial charge in [-0.2, -0.15) is 0 Å². The molecular weight excluding hydrogens is 328 g/mol. The Kier molecular flexibility index (Phi) is 4.91. The molecule has 4 rings (SSSR count). The van der Waals surface area contributed by atoms with Gasteiger partial charge in [-0.1, -0.05) is 36.4 Å². The first-order chi connectivity index (χ1) is 12.7. The minimum Gasteiger partial charge on any atom is -0.491 e. The average molecular weight is 352 g/mol. The molecule has 5 nitrogen and oxygen atoms in total. The summed E-state index contributed by atoms with van der Waals surface area (Å²) in [6.45, 7) is 3.64. The summed E-state index contributed by atoms with van der Waals surface area (Å²) in [4.78, 5) is 16.7. The van der Waals surface area contributed by atoms with Gasteiger partial charge in [0.05, 0.1) is 18.2 Å². The summed E-state index contributed by atoms with van der Waals surface area (Å²) in [7, 11) is 0. The van der Waals surface area contributed by atoms with Crippen molar-refractivity contribution < 1.29 is 14.6 Å². The summed E-state index contributed by atoms with van der Waals surface area (Å²) in [6.07, 6.45) is 0.432. The molecule has 26 heavy (non-hydrogen) atoms. The van der Waals surface area contributed by atoms with E-state index in [-0.39, 0.29) is 5.91 Å². The Morgan fingerprint density at radius 1 is 1.00 bits per heavy atom. The standard InChI is InChI=1S/C21H24N2O3/c24-18(14-22-10-9-16-5-1-2-6-17(16)13-22)15-23-11-12-26-20-8-4-3-7-19(20)21(23)25/h1-8,18,24H,9-15H2. The fourth-order valence-corrected chi connectivity index (χ4v) is 3.80. The van der Waals surface area contributed by atoms with Gasteiger partial charge in [0.2, 0.25) is 0 Å². The first kappa shape index (κ1) is 17.1. The van der Waals surface area contributed by atoms with Crippen LogP contribution in [0.15, 0.2) is 48.5 Å². The first-order valence-electron chi connectivity index (χ1n) is 9.19. The summed E-state index contributed by atoms with van der Waals surface area (Å²) < 4.78 is 5.67. The van der Waals surface area contributed by atoms with Crippen LogP contribution in [0, 0.1) is 0 Å².